The zero-order valence-electron chi connectivity index (χ0n) is 14.7. The van der Waals surface area contributed by atoms with E-state index >= 15 is 0 Å². The molecule has 1 fully saturated rings. The number of aliphatic imine (C=N–C) groups is 1. The molecule has 0 spiro atoms. The van der Waals surface area contributed by atoms with Gasteiger partial charge in [0, 0.05) is 18.5 Å². The molecule has 6 nitrogen and oxygen atoms in total. The van der Waals surface area contributed by atoms with E-state index < -0.39 is 10.0 Å². The van der Waals surface area contributed by atoms with Crippen LogP contribution in [0.25, 0.3) is 0 Å². The second kappa shape index (κ2) is 11.3. The lowest BCUT2D eigenvalue weighted by atomic mass is 9.86. The molecule has 1 aromatic rings. The smallest absolute Gasteiger partial charge is 0.247 e. The number of guanidine groups is 1. The van der Waals surface area contributed by atoms with Crippen LogP contribution in [0.2, 0.25) is 0 Å². The quantitative estimate of drug-likeness (QED) is 0.232. The maximum atomic E-state index is 11.3. The molecule has 0 amide bonds. The Bertz CT molecular complexity index is 640. The van der Waals surface area contributed by atoms with Gasteiger partial charge >= 0.3 is 0 Å². The Morgan fingerprint density at radius 1 is 1.28 bits per heavy atom. The molecule has 0 aliphatic heterocycles. The van der Waals surface area contributed by atoms with E-state index in [0.29, 0.717) is 6.54 Å². The third-order valence-corrected chi connectivity index (χ3v) is 6.90. The molecule has 1 heterocycles. The molecule has 25 heavy (non-hydrogen) atoms. The van der Waals surface area contributed by atoms with Gasteiger partial charge in [-0.2, -0.15) is 0 Å². The van der Waals surface area contributed by atoms with Crippen LogP contribution in [0.5, 0.6) is 0 Å². The SMILES string of the molecule is CN=C(NCCCC1CCCCC1)NCc1ccc(S(N)(=O)=O)s1.I. The van der Waals surface area contributed by atoms with E-state index in [-0.39, 0.29) is 28.2 Å². The summed E-state index contributed by atoms with van der Waals surface area (Å²) >= 11 is 1.18. The predicted octanol–water partition coefficient (Wildman–Crippen LogP) is 3.04. The van der Waals surface area contributed by atoms with Gasteiger partial charge in [-0.25, -0.2) is 13.6 Å². The van der Waals surface area contributed by atoms with Crippen molar-refractivity contribution in [3.05, 3.63) is 17.0 Å². The number of primary sulfonamides is 1. The molecule has 0 aromatic carbocycles. The second-order valence-corrected chi connectivity index (χ2v) is 9.22. The molecule has 0 bridgehead atoms. The Morgan fingerprint density at radius 3 is 2.60 bits per heavy atom. The summed E-state index contributed by atoms with van der Waals surface area (Å²) in [5.74, 6) is 1.64. The fraction of sp³-hybridized carbons (Fsp3) is 0.688. The second-order valence-electron chi connectivity index (χ2n) is 6.26. The summed E-state index contributed by atoms with van der Waals surface area (Å²) in [6, 6.07) is 3.31. The standard InChI is InChI=1S/C16H28N4O2S2.HI/c1-18-16(19-11-5-8-13-6-3-2-4-7-13)20-12-14-9-10-15(23-14)24(17,21)22;/h9-10,13H,2-8,11-12H2,1H3,(H2,17,21,22)(H2,18,19,20);1H. The number of halogens is 1. The minimum absolute atomic E-state index is 0. The van der Waals surface area contributed by atoms with E-state index in [1.54, 1.807) is 13.1 Å². The Labute approximate surface area is 172 Å². The Balaban J connectivity index is 0.00000312. The van der Waals surface area contributed by atoms with Crippen molar-refractivity contribution in [3.63, 3.8) is 0 Å². The van der Waals surface area contributed by atoms with Gasteiger partial charge in [0.1, 0.15) is 4.21 Å². The van der Waals surface area contributed by atoms with Gasteiger partial charge in [-0.05, 0) is 30.9 Å². The van der Waals surface area contributed by atoms with Crippen LogP contribution in [-0.4, -0.2) is 28.0 Å². The van der Waals surface area contributed by atoms with Gasteiger partial charge in [0.2, 0.25) is 10.0 Å². The van der Waals surface area contributed by atoms with Gasteiger partial charge in [-0.1, -0.05) is 32.1 Å². The van der Waals surface area contributed by atoms with E-state index in [2.05, 4.69) is 15.6 Å². The summed E-state index contributed by atoms with van der Waals surface area (Å²) < 4.78 is 22.7. The summed E-state index contributed by atoms with van der Waals surface area (Å²) in [4.78, 5) is 5.11. The van der Waals surface area contributed by atoms with Crippen LogP contribution >= 0.6 is 35.3 Å². The first-order valence-corrected chi connectivity index (χ1v) is 10.9. The van der Waals surface area contributed by atoms with Gasteiger partial charge in [-0.15, -0.1) is 35.3 Å². The maximum Gasteiger partial charge on any atom is 0.247 e. The van der Waals surface area contributed by atoms with Crippen molar-refractivity contribution in [2.24, 2.45) is 16.0 Å². The van der Waals surface area contributed by atoms with Crippen molar-refractivity contribution < 1.29 is 8.42 Å². The summed E-state index contributed by atoms with van der Waals surface area (Å²) in [7, 11) is -1.87. The predicted molar refractivity (Wildman–Crippen MR) is 115 cm³/mol. The highest BCUT2D eigenvalue weighted by atomic mass is 127. The molecule has 144 valence electrons. The number of hydrogen-bond donors (Lipinski definition) is 3. The molecule has 0 radical (unpaired) electrons. The lowest BCUT2D eigenvalue weighted by molar-refractivity contribution is 0.332. The van der Waals surface area contributed by atoms with Crippen molar-refractivity contribution in [1.29, 1.82) is 0 Å². The summed E-state index contributed by atoms with van der Waals surface area (Å²) in [5, 5.41) is 11.6. The number of nitrogens with one attached hydrogen (secondary N) is 2. The van der Waals surface area contributed by atoms with Crippen LogP contribution in [0.3, 0.4) is 0 Å². The van der Waals surface area contributed by atoms with Gasteiger partial charge in [0.25, 0.3) is 0 Å². The van der Waals surface area contributed by atoms with Crippen molar-refractivity contribution in [3.8, 4) is 0 Å². The molecule has 1 aliphatic rings. The molecule has 2 rings (SSSR count). The zero-order chi connectivity index (χ0) is 17.4. The molecule has 0 unspecified atom stereocenters. The maximum absolute atomic E-state index is 11.3. The molecular weight excluding hydrogens is 471 g/mol. The van der Waals surface area contributed by atoms with Crippen LogP contribution in [0, 0.1) is 5.92 Å². The number of nitrogens with two attached hydrogens (primary N) is 1. The third-order valence-electron chi connectivity index (χ3n) is 4.38. The van der Waals surface area contributed by atoms with Crippen LogP contribution < -0.4 is 15.8 Å². The van der Waals surface area contributed by atoms with Crippen LogP contribution in [-0.2, 0) is 16.6 Å². The largest absolute Gasteiger partial charge is 0.356 e. The van der Waals surface area contributed by atoms with Crippen molar-refractivity contribution in [2.45, 2.75) is 55.7 Å². The fourth-order valence-corrected chi connectivity index (χ4v) is 4.79. The van der Waals surface area contributed by atoms with E-state index in [1.807, 2.05) is 0 Å². The van der Waals surface area contributed by atoms with Crippen LogP contribution in [0.15, 0.2) is 21.3 Å². The number of rotatable bonds is 7. The number of sulfonamides is 1. The lowest BCUT2D eigenvalue weighted by Crippen LogP contribution is -2.37. The number of nitrogens with zero attached hydrogens (tertiary/aromatic N) is 1. The Kier molecular flexibility index (Phi) is 10.3. The first-order valence-electron chi connectivity index (χ1n) is 8.55. The Hall–Kier alpha value is -0.390. The van der Waals surface area contributed by atoms with Crippen LogP contribution in [0.4, 0.5) is 0 Å². The monoisotopic (exact) mass is 500 g/mol. The minimum atomic E-state index is -3.61. The first-order chi connectivity index (χ1) is 11.5. The zero-order valence-corrected chi connectivity index (χ0v) is 18.6. The van der Waals surface area contributed by atoms with Crippen molar-refractivity contribution in [1.82, 2.24) is 10.6 Å². The van der Waals surface area contributed by atoms with E-state index in [0.717, 1.165) is 29.7 Å². The number of hydrogen-bond acceptors (Lipinski definition) is 4. The third kappa shape index (κ3) is 8.23. The van der Waals surface area contributed by atoms with E-state index in [1.165, 1.54) is 55.9 Å². The molecule has 4 N–H and O–H groups in total. The molecule has 1 aliphatic carbocycles. The van der Waals surface area contributed by atoms with Crippen molar-refractivity contribution >= 4 is 51.3 Å². The normalized spacial score (nSPS) is 16.3. The van der Waals surface area contributed by atoms with Gasteiger partial charge in [-0.3, -0.25) is 4.99 Å². The molecule has 0 atom stereocenters. The summed E-state index contributed by atoms with van der Waals surface area (Å²) in [6.45, 7) is 1.44. The lowest BCUT2D eigenvalue weighted by Gasteiger charge is -2.21. The first kappa shape index (κ1) is 22.7. The average Bonchev–Trinajstić information content (AvgIpc) is 3.04. The van der Waals surface area contributed by atoms with Crippen molar-refractivity contribution in [2.75, 3.05) is 13.6 Å². The Morgan fingerprint density at radius 2 is 2.00 bits per heavy atom. The highest BCUT2D eigenvalue weighted by molar-refractivity contribution is 14.0. The molecule has 9 heteroatoms. The van der Waals surface area contributed by atoms with E-state index in [4.69, 9.17) is 5.14 Å². The van der Waals surface area contributed by atoms with Gasteiger partial charge < -0.3 is 10.6 Å². The number of thiophene rings is 1. The summed E-state index contributed by atoms with van der Waals surface area (Å²) in [5.41, 5.74) is 0. The van der Waals surface area contributed by atoms with Gasteiger partial charge in [0.15, 0.2) is 5.96 Å². The topological polar surface area (TPSA) is 96.6 Å². The van der Waals surface area contributed by atoms with Crippen LogP contribution in [0.1, 0.15) is 49.8 Å². The highest BCUT2D eigenvalue weighted by Gasteiger charge is 2.13. The average molecular weight is 500 g/mol. The molecule has 0 saturated heterocycles. The van der Waals surface area contributed by atoms with Gasteiger partial charge in [0.05, 0.1) is 6.54 Å². The fourth-order valence-electron chi connectivity index (χ4n) is 3.07. The highest BCUT2D eigenvalue weighted by Crippen LogP contribution is 2.26. The minimum Gasteiger partial charge on any atom is -0.356 e. The molecule has 1 saturated carbocycles. The molecule has 1 aromatic heterocycles. The summed E-state index contributed by atoms with van der Waals surface area (Å²) in [6.07, 6.45) is 9.40. The molecular formula is C16H29IN4O2S2. The van der Waals surface area contributed by atoms with E-state index in [9.17, 15) is 8.42 Å².